The average Bonchev–Trinajstić information content (AvgIpc) is 2.52. The summed E-state index contributed by atoms with van der Waals surface area (Å²) in [6.07, 6.45) is 0. The summed E-state index contributed by atoms with van der Waals surface area (Å²) in [4.78, 5) is 21.8. The predicted octanol–water partition coefficient (Wildman–Crippen LogP) is 0.0892. The molecule has 1 aliphatic rings. The van der Waals surface area contributed by atoms with Gasteiger partial charge in [-0.1, -0.05) is 13.8 Å². The van der Waals surface area contributed by atoms with Gasteiger partial charge in [0.2, 0.25) is 5.91 Å². The second-order valence-corrected chi connectivity index (χ2v) is 3.73. The molecule has 4 heteroatoms. The van der Waals surface area contributed by atoms with Crippen molar-refractivity contribution in [1.29, 1.82) is 0 Å². The topological polar surface area (TPSA) is 66.4 Å². The summed E-state index contributed by atoms with van der Waals surface area (Å²) >= 11 is 0. The number of carboxylic acid groups (broad SMARTS) is 1. The Labute approximate surface area is 71.0 Å². The Hall–Kier alpha value is -1.06. The zero-order valence-electron chi connectivity index (χ0n) is 7.42. The van der Waals surface area contributed by atoms with E-state index in [9.17, 15) is 9.59 Å². The lowest BCUT2D eigenvalue weighted by Crippen LogP contribution is -2.22. The number of aliphatic carboxylic acids is 1. The molecule has 1 amide bonds. The summed E-state index contributed by atoms with van der Waals surface area (Å²) < 4.78 is 0. The van der Waals surface area contributed by atoms with Gasteiger partial charge in [0.25, 0.3) is 0 Å². The molecule has 0 saturated heterocycles. The number of rotatable bonds is 2. The van der Waals surface area contributed by atoms with Crippen molar-refractivity contribution in [1.82, 2.24) is 5.32 Å². The Balaban J connectivity index is 2.73. The molecular formula is C8H13NO3. The summed E-state index contributed by atoms with van der Waals surface area (Å²) in [7, 11) is 1.52. The van der Waals surface area contributed by atoms with Crippen molar-refractivity contribution in [3.05, 3.63) is 0 Å². The average molecular weight is 171 g/mol. The molecule has 0 radical (unpaired) electrons. The van der Waals surface area contributed by atoms with Crippen LogP contribution in [0.15, 0.2) is 0 Å². The van der Waals surface area contributed by atoms with Crippen LogP contribution in [0.25, 0.3) is 0 Å². The molecule has 0 bridgehead atoms. The van der Waals surface area contributed by atoms with E-state index < -0.39 is 11.9 Å². The van der Waals surface area contributed by atoms with Crippen molar-refractivity contribution in [3.63, 3.8) is 0 Å². The highest BCUT2D eigenvalue weighted by molar-refractivity contribution is 5.91. The Bertz CT molecular complexity index is 234. The standard InChI is InChI=1S/C8H13NO3/c1-8(2)4(6(10)9-3)5(8)7(11)12/h4-5H,1-3H3,(H,9,10)(H,11,12)/t4-,5+/m1/s1. The molecule has 1 fully saturated rings. The van der Waals surface area contributed by atoms with Crippen LogP contribution in [0.5, 0.6) is 0 Å². The third-order valence-corrected chi connectivity index (χ3v) is 2.62. The zero-order valence-corrected chi connectivity index (χ0v) is 7.42. The fourth-order valence-corrected chi connectivity index (χ4v) is 1.74. The van der Waals surface area contributed by atoms with E-state index >= 15 is 0 Å². The van der Waals surface area contributed by atoms with Crippen molar-refractivity contribution < 1.29 is 14.7 Å². The third kappa shape index (κ3) is 1.07. The Morgan fingerprint density at radius 1 is 1.33 bits per heavy atom. The maximum atomic E-state index is 11.1. The summed E-state index contributed by atoms with van der Waals surface area (Å²) in [5, 5.41) is 11.2. The molecule has 0 aromatic heterocycles. The smallest absolute Gasteiger partial charge is 0.307 e. The van der Waals surface area contributed by atoms with Gasteiger partial charge in [-0.15, -0.1) is 0 Å². The van der Waals surface area contributed by atoms with Crippen LogP contribution in [0.4, 0.5) is 0 Å². The lowest BCUT2D eigenvalue weighted by molar-refractivity contribution is -0.140. The molecule has 1 saturated carbocycles. The molecule has 0 unspecified atom stereocenters. The minimum Gasteiger partial charge on any atom is -0.481 e. The van der Waals surface area contributed by atoms with Gasteiger partial charge in [-0.2, -0.15) is 0 Å². The van der Waals surface area contributed by atoms with E-state index in [1.807, 2.05) is 0 Å². The second kappa shape index (κ2) is 2.47. The molecule has 4 nitrogen and oxygen atoms in total. The van der Waals surface area contributed by atoms with Crippen LogP contribution in [0.1, 0.15) is 13.8 Å². The predicted molar refractivity (Wildman–Crippen MR) is 42.5 cm³/mol. The quantitative estimate of drug-likeness (QED) is 0.618. The first kappa shape index (κ1) is 9.03. The largest absolute Gasteiger partial charge is 0.481 e. The minimum atomic E-state index is -0.881. The normalized spacial score (nSPS) is 30.9. The van der Waals surface area contributed by atoms with E-state index in [0.29, 0.717) is 0 Å². The number of carbonyl (C=O) groups excluding carboxylic acids is 1. The molecule has 1 rings (SSSR count). The molecule has 0 aromatic carbocycles. The summed E-state index contributed by atoms with van der Waals surface area (Å²) in [6.45, 7) is 3.59. The highest BCUT2D eigenvalue weighted by atomic mass is 16.4. The first-order valence-electron chi connectivity index (χ1n) is 3.87. The molecular weight excluding hydrogens is 158 g/mol. The monoisotopic (exact) mass is 171 g/mol. The fourth-order valence-electron chi connectivity index (χ4n) is 1.74. The number of hydrogen-bond acceptors (Lipinski definition) is 2. The van der Waals surface area contributed by atoms with E-state index in [-0.39, 0.29) is 17.2 Å². The van der Waals surface area contributed by atoms with Crippen molar-refractivity contribution in [2.24, 2.45) is 17.3 Å². The highest BCUT2D eigenvalue weighted by Gasteiger charge is 2.65. The summed E-state index contributed by atoms with van der Waals surface area (Å²) in [6, 6.07) is 0. The van der Waals surface area contributed by atoms with E-state index in [1.165, 1.54) is 7.05 Å². The van der Waals surface area contributed by atoms with Crippen LogP contribution in [-0.4, -0.2) is 24.0 Å². The van der Waals surface area contributed by atoms with Gasteiger partial charge in [-0.3, -0.25) is 9.59 Å². The van der Waals surface area contributed by atoms with Gasteiger partial charge < -0.3 is 10.4 Å². The maximum Gasteiger partial charge on any atom is 0.307 e. The summed E-state index contributed by atoms with van der Waals surface area (Å²) in [5.74, 6) is -1.93. The van der Waals surface area contributed by atoms with Gasteiger partial charge in [0.15, 0.2) is 0 Å². The van der Waals surface area contributed by atoms with E-state index in [4.69, 9.17) is 5.11 Å². The first-order valence-corrected chi connectivity index (χ1v) is 3.87. The SMILES string of the molecule is CNC(=O)[C@H]1[C@@H](C(=O)O)C1(C)C. The van der Waals surface area contributed by atoms with Gasteiger partial charge in [0.05, 0.1) is 11.8 Å². The van der Waals surface area contributed by atoms with Crippen LogP contribution < -0.4 is 5.32 Å². The minimum absolute atomic E-state index is 0.174. The molecule has 1 aliphatic carbocycles. The lowest BCUT2D eigenvalue weighted by Gasteiger charge is -1.99. The van der Waals surface area contributed by atoms with Crippen molar-refractivity contribution in [2.45, 2.75) is 13.8 Å². The molecule has 0 spiro atoms. The summed E-state index contributed by atoms with van der Waals surface area (Å²) in [5.41, 5.74) is -0.383. The van der Waals surface area contributed by atoms with Crippen LogP contribution >= 0.6 is 0 Å². The van der Waals surface area contributed by atoms with Crippen LogP contribution in [0.2, 0.25) is 0 Å². The van der Waals surface area contributed by atoms with Gasteiger partial charge in [-0.25, -0.2) is 0 Å². The molecule has 0 aliphatic heterocycles. The number of nitrogens with one attached hydrogen (secondary N) is 1. The number of hydrogen-bond donors (Lipinski definition) is 2. The third-order valence-electron chi connectivity index (χ3n) is 2.62. The second-order valence-electron chi connectivity index (χ2n) is 3.73. The van der Waals surface area contributed by atoms with Crippen LogP contribution in [0, 0.1) is 17.3 Å². The fraction of sp³-hybridized carbons (Fsp3) is 0.750. The molecule has 0 aromatic rings. The number of carboxylic acids is 1. The first-order chi connectivity index (χ1) is 5.42. The molecule has 2 atom stereocenters. The van der Waals surface area contributed by atoms with Crippen LogP contribution in [-0.2, 0) is 9.59 Å². The highest BCUT2D eigenvalue weighted by Crippen LogP contribution is 2.58. The number of amides is 1. The van der Waals surface area contributed by atoms with Gasteiger partial charge in [-0.05, 0) is 5.41 Å². The molecule has 68 valence electrons. The van der Waals surface area contributed by atoms with Gasteiger partial charge in [0, 0.05) is 7.05 Å². The Morgan fingerprint density at radius 2 is 1.83 bits per heavy atom. The van der Waals surface area contributed by atoms with E-state index in [2.05, 4.69) is 5.32 Å². The van der Waals surface area contributed by atoms with Crippen molar-refractivity contribution >= 4 is 11.9 Å². The lowest BCUT2D eigenvalue weighted by atomic mass is 10.1. The van der Waals surface area contributed by atoms with Crippen molar-refractivity contribution in [2.75, 3.05) is 7.05 Å². The van der Waals surface area contributed by atoms with Crippen LogP contribution in [0.3, 0.4) is 0 Å². The van der Waals surface area contributed by atoms with E-state index in [0.717, 1.165) is 0 Å². The van der Waals surface area contributed by atoms with Crippen molar-refractivity contribution in [3.8, 4) is 0 Å². The maximum absolute atomic E-state index is 11.1. The Kier molecular flexibility index (Phi) is 1.86. The molecule has 0 heterocycles. The zero-order chi connectivity index (χ0) is 9.52. The molecule has 2 N–H and O–H groups in total. The van der Waals surface area contributed by atoms with E-state index in [1.54, 1.807) is 13.8 Å². The Morgan fingerprint density at radius 3 is 2.08 bits per heavy atom. The molecule has 12 heavy (non-hydrogen) atoms. The van der Waals surface area contributed by atoms with Gasteiger partial charge in [0.1, 0.15) is 0 Å². The number of carbonyl (C=O) groups is 2. The van der Waals surface area contributed by atoms with Gasteiger partial charge >= 0.3 is 5.97 Å².